The molecule has 1 saturated heterocycles. The molecule has 1 atom stereocenters. The lowest BCUT2D eigenvalue weighted by atomic mass is 10.1. The standard InChI is InChI=1S/C24H19NO4/c26-23(25-21(17-28-24(25)27)18-9-3-1-4-10-18)16-15-19-11-7-8-14-22(19)29-20-12-5-2-6-13-20/h1-16,21H,17H2/b16-15+/i17D2. The third-order valence-corrected chi connectivity index (χ3v) is 4.36. The largest absolute Gasteiger partial charge is 0.457 e. The lowest BCUT2D eigenvalue weighted by Crippen LogP contribution is -2.32. The van der Waals surface area contributed by atoms with Gasteiger partial charge in [-0.1, -0.05) is 66.7 Å². The maximum absolute atomic E-state index is 12.9. The molecule has 0 radical (unpaired) electrons. The van der Waals surface area contributed by atoms with E-state index >= 15 is 0 Å². The number of benzene rings is 3. The van der Waals surface area contributed by atoms with Crippen LogP contribution in [0.15, 0.2) is 91.0 Å². The van der Waals surface area contributed by atoms with Gasteiger partial charge in [0.15, 0.2) is 0 Å². The van der Waals surface area contributed by atoms with Gasteiger partial charge in [0.25, 0.3) is 5.91 Å². The van der Waals surface area contributed by atoms with E-state index in [4.69, 9.17) is 12.2 Å². The Kier molecular flexibility index (Phi) is 4.69. The molecular weight excluding hydrogens is 366 g/mol. The van der Waals surface area contributed by atoms with Gasteiger partial charge >= 0.3 is 6.09 Å². The molecule has 5 heteroatoms. The maximum Gasteiger partial charge on any atom is 0.417 e. The van der Waals surface area contributed by atoms with E-state index in [0.29, 0.717) is 22.6 Å². The first-order chi connectivity index (χ1) is 15.0. The van der Waals surface area contributed by atoms with E-state index in [0.717, 1.165) is 4.90 Å². The van der Waals surface area contributed by atoms with Crippen molar-refractivity contribution >= 4 is 18.1 Å². The number of cyclic esters (lactones) is 1. The summed E-state index contributed by atoms with van der Waals surface area (Å²) in [5.41, 5.74) is 1.10. The second-order valence-corrected chi connectivity index (χ2v) is 6.29. The minimum absolute atomic E-state index is 0.466. The monoisotopic (exact) mass is 387 g/mol. The Morgan fingerprint density at radius 1 is 1.00 bits per heavy atom. The Morgan fingerprint density at radius 3 is 2.41 bits per heavy atom. The molecule has 1 aliphatic heterocycles. The van der Waals surface area contributed by atoms with E-state index in [-0.39, 0.29) is 0 Å². The Bertz CT molecular complexity index is 1120. The Hall–Kier alpha value is -3.86. The highest BCUT2D eigenvalue weighted by molar-refractivity contribution is 6.02. The topological polar surface area (TPSA) is 55.8 Å². The molecule has 0 saturated carbocycles. The smallest absolute Gasteiger partial charge is 0.417 e. The molecule has 0 bridgehead atoms. The summed E-state index contributed by atoms with van der Waals surface area (Å²) < 4.78 is 26.9. The van der Waals surface area contributed by atoms with Crippen LogP contribution in [0.25, 0.3) is 6.08 Å². The minimum Gasteiger partial charge on any atom is -0.457 e. The number of nitrogens with zero attached hydrogens (tertiary/aromatic N) is 1. The maximum atomic E-state index is 12.9. The summed E-state index contributed by atoms with van der Waals surface area (Å²) in [6, 6.07) is 23.7. The molecule has 0 aromatic heterocycles. The number of para-hydroxylation sites is 2. The highest BCUT2D eigenvalue weighted by atomic mass is 16.6. The molecule has 144 valence electrons. The second kappa shape index (κ2) is 8.44. The number of amides is 2. The van der Waals surface area contributed by atoms with E-state index in [2.05, 4.69) is 0 Å². The van der Waals surface area contributed by atoms with Gasteiger partial charge in [-0.05, 0) is 29.8 Å². The molecule has 2 amide bonds. The van der Waals surface area contributed by atoms with Gasteiger partial charge in [0.2, 0.25) is 0 Å². The van der Waals surface area contributed by atoms with Gasteiger partial charge in [-0.25, -0.2) is 9.69 Å². The van der Waals surface area contributed by atoms with Gasteiger partial charge in [-0.3, -0.25) is 4.79 Å². The molecular formula is C24H19NO4. The SMILES string of the molecule is [2H]C1([2H])OC(=O)N(C(=O)/C=C/c2ccccc2Oc2ccccc2)C1c1ccccc1. The molecule has 29 heavy (non-hydrogen) atoms. The highest BCUT2D eigenvalue weighted by Gasteiger charge is 2.37. The van der Waals surface area contributed by atoms with E-state index < -0.39 is 24.6 Å². The van der Waals surface area contributed by atoms with Crippen molar-refractivity contribution in [2.24, 2.45) is 0 Å². The number of ether oxygens (including phenoxy) is 2. The van der Waals surface area contributed by atoms with Gasteiger partial charge in [-0.15, -0.1) is 0 Å². The first kappa shape index (κ1) is 16.1. The van der Waals surface area contributed by atoms with Crippen LogP contribution in [0.5, 0.6) is 11.5 Å². The number of carbonyl (C=O) groups is 2. The van der Waals surface area contributed by atoms with Crippen molar-refractivity contribution in [1.29, 1.82) is 0 Å². The zero-order valence-electron chi connectivity index (χ0n) is 17.4. The first-order valence-electron chi connectivity index (χ1n) is 10.1. The molecule has 3 aromatic carbocycles. The first-order valence-corrected chi connectivity index (χ1v) is 9.07. The number of rotatable bonds is 5. The van der Waals surface area contributed by atoms with Crippen molar-refractivity contribution in [3.63, 3.8) is 0 Å². The summed E-state index contributed by atoms with van der Waals surface area (Å²) >= 11 is 0. The molecule has 0 aliphatic carbocycles. The van der Waals surface area contributed by atoms with Crippen LogP contribution in [0.2, 0.25) is 0 Å². The molecule has 0 N–H and O–H groups in total. The van der Waals surface area contributed by atoms with Crippen molar-refractivity contribution in [3.05, 3.63) is 102 Å². The summed E-state index contributed by atoms with van der Waals surface area (Å²) in [5, 5.41) is 0. The fourth-order valence-electron chi connectivity index (χ4n) is 2.95. The molecule has 4 rings (SSSR count). The molecule has 3 aromatic rings. The molecule has 1 aliphatic rings. The van der Waals surface area contributed by atoms with Crippen LogP contribution >= 0.6 is 0 Å². The fraction of sp³-hybridized carbons (Fsp3) is 0.0833. The van der Waals surface area contributed by atoms with Crippen molar-refractivity contribution in [1.82, 2.24) is 4.90 Å². The third-order valence-electron chi connectivity index (χ3n) is 4.36. The van der Waals surface area contributed by atoms with Crippen LogP contribution in [0.1, 0.15) is 19.9 Å². The van der Waals surface area contributed by atoms with E-state index in [1.54, 1.807) is 48.5 Å². The highest BCUT2D eigenvalue weighted by Crippen LogP contribution is 2.29. The molecule has 0 spiro atoms. The number of hydrogen-bond donors (Lipinski definition) is 0. The zero-order chi connectivity index (χ0) is 21.8. The summed E-state index contributed by atoms with van der Waals surface area (Å²) in [7, 11) is 0. The predicted molar refractivity (Wildman–Crippen MR) is 109 cm³/mol. The molecule has 1 fully saturated rings. The Morgan fingerprint density at radius 2 is 1.66 bits per heavy atom. The second-order valence-electron chi connectivity index (χ2n) is 6.29. The van der Waals surface area contributed by atoms with E-state index in [9.17, 15) is 9.59 Å². The summed E-state index contributed by atoms with van der Waals surface area (Å²) in [4.78, 5) is 26.0. The Balaban J connectivity index is 1.60. The number of hydrogen-bond acceptors (Lipinski definition) is 4. The predicted octanol–water partition coefficient (Wildman–Crippen LogP) is 5.21. The van der Waals surface area contributed by atoms with Crippen LogP contribution in [-0.2, 0) is 9.53 Å². The normalized spacial score (nSPS) is 18.8. The average Bonchev–Trinajstić information content (AvgIpc) is 3.02. The lowest BCUT2D eigenvalue weighted by Gasteiger charge is -2.18. The van der Waals surface area contributed by atoms with Crippen molar-refractivity contribution in [2.75, 3.05) is 6.56 Å². The quantitative estimate of drug-likeness (QED) is 0.564. The summed E-state index contributed by atoms with van der Waals surface area (Å²) in [5.74, 6) is 0.501. The fourth-order valence-corrected chi connectivity index (χ4v) is 2.95. The summed E-state index contributed by atoms with van der Waals surface area (Å²) in [6.45, 7) is -2.34. The number of imide groups is 1. The van der Waals surface area contributed by atoms with Gasteiger partial charge < -0.3 is 9.47 Å². The third kappa shape index (κ3) is 4.19. The zero-order valence-corrected chi connectivity index (χ0v) is 15.4. The number of carbonyl (C=O) groups excluding carboxylic acids is 2. The van der Waals surface area contributed by atoms with Crippen LogP contribution < -0.4 is 4.74 Å². The molecule has 1 unspecified atom stereocenters. The van der Waals surface area contributed by atoms with E-state index in [1.165, 1.54) is 12.2 Å². The van der Waals surface area contributed by atoms with Crippen LogP contribution in [0.3, 0.4) is 0 Å². The molecule has 1 heterocycles. The molecule has 5 nitrogen and oxygen atoms in total. The van der Waals surface area contributed by atoms with Crippen LogP contribution in [0, 0.1) is 0 Å². The average molecular weight is 387 g/mol. The van der Waals surface area contributed by atoms with Gasteiger partial charge in [0.05, 0.1) is 2.74 Å². The van der Waals surface area contributed by atoms with Gasteiger partial charge in [-0.2, -0.15) is 0 Å². The van der Waals surface area contributed by atoms with Crippen molar-refractivity contribution in [2.45, 2.75) is 6.04 Å². The van der Waals surface area contributed by atoms with Crippen molar-refractivity contribution in [3.8, 4) is 11.5 Å². The van der Waals surface area contributed by atoms with Gasteiger partial charge in [0, 0.05) is 11.6 Å². The van der Waals surface area contributed by atoms with E-state index in [1.807, 2.05) is 36.4 Å². The summed E-state index contributed by atoms with van der Waals surface area (Å²) in [6.07, 6.45) is 1.72. The minimum atomic E-state index is -2.34. The van der Waals surface area contributed by atoms with Crippen molar-refractivity contribution < 1.29 is 21.8 Å². The Labute approximate surface area is 171 Å². The van der Waals surface area contributed by atoms with Crippen LogP contribution in [0.4, 0.5) is 4.79 Å². The lowest BCUT2D eigenvalue weighted by molar-refractivity contribution is -0.124. The van der Waals surface area contributed by atoms with Crippen LogP contribution in [-0.4, -0.2) is 23.5 Å². The van der Waals surface area contributed by atoms with Gasteiger partial charge in [0.1, 0.15) is 24.1 Å².